The number of aromatic hydroxyl groups is 1. The Morgan fingerprint density at radius 2 is 1.75 bits per heavy atom. The molecule has 4 N–H and O–H groups in total. The number of aliphatic carboxylic acids is 1. The number of nitrogens with zero attached hydrogens (tertiary/aromatic N) is 4. The smallest absolute Gasteiger partial charge is 0.490 e. The van der Waals surface area contributed by atoms with Gasteiger partial charge in [-0.05, 0) is 69.2 Å². The molecular weight excluding hydrogens is 877 g/mol. The van der Waals surface area contributed by atoms with Crippen molar-refractivity contribution in [2.45, 2.75) is 90.0 Å². The number of anilines is 1. The van der Waals surface area contributed by atoms with Crippen molar-refractivity contribution < 1.29 is 61.2 Å². The maximum absolute atomic E-state index is 15.7. The van der Waals surface area contributed by atoms with Gasteiger partial charge in [-0.2, -0.15) is 13.2 Å². The Hall–Kier alpha value is -4.89. The molecule has 4 heterocycles. The summed E-state index contributed by atoms with van der Waals surface area (Å²) in [5, 5.41) is 26.1. The van der Waals surface area contributed by atoms with E-state index >= 15 is 4.39 Å². The molecule has 65 heavy (non-hydrogen) atoms. The Kier molecular flexibility index (Phi) is 18.9. The highest BCUT2D eigenvalue weighted by molar-refractivity contribution is 7.09. The Bertz CT molecular complexity index is 2080. The van der Waals surface area contributed by atoms with E-state index in [1.165, 1.54) is 0 Å². The first-order valence-electron chi connectivity index (χ1n) is 22.1. The van der Waals surface area contributed by atoms with E-state index in [-0.39, 0.29) is 48.9 Å². The van der Waals surface area contributed by atoms with E-state index in [2.05, 4.69) is 29.4 Å². The number of amides is 3. The highest BCUT2D eigenvalue weighted by Gasteiger charge is 2.42. The second-order valence-electron chi connectivity index (χ2n) is 16.2. The summed E-state index contributed by atoms with van der Waals surface area (Å²) in [6, 6.07) is 8.85. The minimum absolute atomic E-state index is 0.000961. The van der Waals surface area contributed by atoms with Crippen LogP contribution in [0.1, 0.15) is 91.0 Å². The predicted octanol–water partition coefficient (Wildman–Crippen LogP) is 5.99. The molecule has 0 unspecified atom stereocenters. The molecule has 2 aromatic carbocycles. The normalized spacial score (nSPS) is 16.1. The van der Waals surface area contributed by atoms with Crippen molar-refractivity contribution >= 4 is 40.7 Å². The van der Waals surface area contributed by atoms with E-state index < -0.39 is 17.7 Å². The van der Waals surface area contributed by atoms with Crippen LogP contribution in [0, 0.1) is 5.82 Å². The predicted molar refractivity (Wildman–Crippen MR) is 235 cm³/mol. The largest absolute Gasteiger partial charge is 0.506 e. The van der Waals surface area contributed by atoms with Crippen LogP contribution in [0.15, 0.2) is 35.7 Å². The molecule has 1 spiro atoms. The van der Waals surface area contributed by atoms with Gasteiger partial charge in [0.2, 0.25) is 5.91 Å². The van der Waals surface area contributed by atoms with Crippen molar-refractivity contribution in [3.05, 3.63) is 68.9 Å². The van der Waals surface area contributed by atoms with Crippen LogP contribution in [-0.4, -0.2) is 144 Å². The maximum Gasteiger partial charge on any atom is 0.490 e. The molecule has 0 atom stereocenters. The molecule has 2 fully saturated rings. The number of alkyl halides is 3. The van der Waals surface area contributed by atoms with Crippen molar-refractivity contribution in [2.24, 2.45) is 0 Å². The summed E-state index contributed by atoms with van der Waals surface area (Å²) in [6.45, 7) is 12.7. The van der Waals surface area contributed by atoms with E-state index in [0.29, 0.717) is 106 Å². The fourth-order valence-electron chi connectivity index (χ4n) is 8.04. The summed E-state index contributed by atoms with van der Waals surface area (Å²) < 4.78 is 65.1. The van der Waals surface area contributed by atoms with Crippen LogP contribution in [0.3, 0.4) is 0 Å². The average Bonchev–Trinajstić information content (AvgIpc) is 3.77. The van der Waals surface area contributed by atoms with Gasteiger partial charge in [-0.25, -0.2) is 14.2 Å². The molecule has 6 rings (SSSR count). The number of fused-ring (bicyclic) bond motifs is 1. The monoisotopic (exact) mass is 936 g/mol. The molecule has 0 aliphatic carbocycles. The second kappa shape index (κ2) is 24.0. The average molecular weight is 937 g/mol. The number of piperidine rings is 1. The summed E-state index contributed by atoms with van der Waals surface area (Å²) in [7, 11) is 0. The van der Waals surface area contributed by atoms with Crippen LogP contribution in [0.5, 0.6) is 11.5 Å². The van der Waals surface area contributed by atoms with Gasteiger partial charge in [0.25, 0.3) is 11.8 Å². The zero-order valence-corrected chi connectivity index (χ0v) is 38.0. The molecule has 3 amide bonds. The van der Waals surface area contributed by atoms with Gasteiger partial charge in [0.05, 0.1) is 43.4 Å². The number of carbonyl (C=O) groups excluding carboxylic acids is 3. The molecule has 0 radical (unpaired) electrons. The highest BCUT2D eigenvalue weighted by atomic mass is 32.1. The maximum atomic E-state index is 15.7. The van der Waals surface area contributed by atoms with Crippen molar-refractivity contribution in [3.8, 4) is 11.5 Å². The van der Waals surface area contributed by atoms with Crippen molar-refractivity contribution in [1.29, 1.82) is 0 Å². The van der Waals surface area contributed by atoms with Crippen LogP contribution in [-0.2, 0) is 43.2 Å². The van der Waals surface area contributed by atoms with Gasteiger partial charge in [0.1, 0.15) is 22.9 Å². The number of morpholine rings is 1. The first-order chi connectivity index (χ1) is 31.1. The molecule has 0 saturated carbocycles. The zero-order valence-electron chi connectivity index (χ0n) is 37.1. The first kappa shape index (κ1) is 51.1. The van der Waals surface area contributed by atoms with Crippen LogP contribution in [0.2, 0.25) is 0 Å². The standard InChI is InChI=1S/C43H59FN6O7S.C2HF3O2/c1-4-30(5-2)41-46-34(28-58-41)42(54)50-22-25-57-43(29-50)15-19-48(20-16-43)26-33-9-7-8-31(38(33)44)13-23-55-24-14-37(53)49(6-3)21-18-45-17-12-32-10-11-35(51)39-40(32)56-27-36(52)47-39;3-2(4,5)1(6)7/h7-11,28,30,45,51H,4-6,12-27,29H2,1-3H3,(H,47,52);(H,6,7). The number of likely N-dealkylation sites (tertiary alicyclic amines) is 1. The van der Waals surface area contributed by atoms with Crippen LogP contribution in [0.4, 0.5) is 23.2 Å². The van der Waals surface area contributed by atoms with Crippen molar-refractivity contribution in [3.63, 3.8) is 0 Å². The van der Waals surface area contributed by atoms with Gasteiger partial charge < -0.3 is 44.9 Å². The van der Waals surface area contributed by atoms with E-state index in [1.54, 1.807) is 34.4 Å². The number of carboxylic acid groups (broad SMARTS) is 1. The minimum Gasteiger partial charge on any atom is -0.506 e. The molecule has 1 aromatic heterocycles. The molecule has 20 heteroatoms. The lowest BCUT2D eigenvalue weighted by atomic mass is 9.89. The fourth-order valence-corrected chi connectivity index (χ4v) is 9.10. The number of carboxylic acids is 1. The van der Waals surface area contributed by atoms with Crippen LogP contribution in [0.25, 0.3) is 0 Å². The highest BCUT2D eigenvalue weighted by Crippen LogP contribution is 2.39. The van der Waals surface area contributed by atoms with Gasteiger partial charge in [0, 0.05) is 62.7 Å². The zero-order chi connectivity index (χ0) is 47.1. The first-order valence-corrected chi connectivity index (χ1v) is 23.0. The Morgan fingerprint density at radius 3 is 2.45 bits per heavy atom. The van der Waals surface area contributed by atoms with Gasteiger partial charge in [-0.3, -0.25) is 19.3 Å². The molecule has 3 aliphatic rings. The van der Waals surface area contributed by atoms with E-state index in [1.807, 2.05) is 29.3 Å². The quantitative estimate of drug-likeness (QED) is 0.0627. The number of carbonyl (C=O) groups is 4. The molecular formula is C45H60F4N6O9S. The lowest BCUT2D eigenvalue weighted by Crippen LogP contribution is -2.58. The topological polar surface area (TPSA) is 183 Å². The molecule has 15 nitrogen and oxygen atoms in total. The number of hydrogen-bond donors (Lipinski definition) is 4. The van der Waals surface area contributed by atoms with Crippen molar-refractivity contribution in [2.75, 3.05) is 84.1 Å². The SMILES string of the molecule is CCC(CC)c1nc(C(=O)N2CCOC3(CCN(Cc4cccc(CCOCCC(=O)N(CC)CCNCCc5ccc(O)c6c5OCC(=O)N6)c4F)CC3)C2)cs1.O=C(O)C(F)(F)F. The summed E-state index contributed by atoms with van der Waals surface area (Å²) in [6.07, 6.45) is -0.233. The molecule has 3 aromatic rings. The number of ether oxygens (including phenoxy) is 3. The van der Waals surface area contributed by atoms with Gasteiger partial charge >= 0.3 is 12.1 Å². The number of aromatic nitrogens is 1. The third kappa shape index (κ3) is 14.3. The number of phenols is 1. The van der Waals surface area contributed by atoms with Crippen molar-refractivity contribution in [1.82, 2.24) is 25.0 Å². The van der Waals surface area contributed by atoms with Gasteiger partial charge in [0.15, 0.2) is 12.4 Å². The Labute approximate surface area is 380 Å². The Morgan fingerprint density at radius 1 is 1.03 bits per heavy atom. The number of hydrogen-bond acceptors (Lipinski definition) is 12. The molecule has 3 aliphatic heterocycles. The number of benzene rings is 2. The summed E-state index contributed by atoms with van der Waals surface area (Å²) in [5.41, 5.74) is 2.57. The summed E-state index contributed by atoms with van der Waals surface area (Å²) >= 11 is 1.58. The fraction of sp³-hybridized carbons (Fsp3) is 0.578. The number of likely N-dealkylation sites (N-methyl/N-ethyl adjacent to an activating group) is 1. The second-order valence-corrected chi connectivity index (χ2v) is 17.1. The number of rotatable bonds is 19. The van der Waals surface area contributed by atoms with Crippen LogP contribution < -0.4 is 15.4 Å². The molecule has 2 saturated heterocycles. The Balaban J connectivity index is 0.00000105. The van der Waals surface area contributed by atoms with E-state index in [0.717, 1.165) is 49.3 Å². The van der Waals surface area contributed by atoms with Gasteiger partial charge in [-0.1, -0.05) is 38.1 Å². The lowest BCUT2D eigenvalue weighted by molar-refractivity contribution is -0.192. The molecule has 0 bridgehead atoms. The number of phenolic OH excluding ortho intramolecular Hbond substituents is 1. The van der Waals surface area contributed by atoms with E-state index in [9.17, 15) is 32.7 Å². The lowest BCUT2D eigenvalue weighted by Gasteiger charge is -2.47. The number of thiazole rings is 1. The summed E-state index contributed by atoms with van der Waals surface area (Å²) in [4.78, 5) is 57.5. The number of halogens is 4. The molecule has 358 valence electrons. The minimum atomic E-state index is -5.08. The third-order valence-corrected chi connectivity index (χ3v) is 12.9. The van der Waals surface area contributed by atoms with E-state index in [4.69, 9.17) is 29.1 Å². The van der Waals surface area contributed by atoms with Gasteiger partial charge in [-0.15, -0.1) is 11.3 Å². The summed E-state index contributed by atoms with van der Waals surface area (Å²) in [5.74, 6) is -2.44. The van der Waals surface area contributed by atoms with Crippen LogP contribution >= 0.6 is 11.3 Å². The third-order valence-electron chi connectivity index (χ3n) is 11.8. The number of nitrogens with one attached hydrogen (secondary N) is 2.